The Morgan fingerprint density at radius 3 is 3.12 bits per heavy atom. The molecule has 16 heavy (non-hydrogen) atoms. The second kappa shape index (κ2) is 5.97. The molecule has 1 saturated carbocycles. The van der Waals surface area contributed by atoms with E-state index < -0.39 is 0 Å². The minimum absolute atomic E-state index is 0.324. The molecule has 0 aromatic carbocycles. The molecule has 0 spiro atoms. The minimum Gasteiger partial charge on any atom is -0.396 e. The van der Waals surface area contributed by atoms with Crippen LogP contribution in [0.2, 0.25) is 0 Å². The largest absolute Gasteiger partial charge is 0.396 e. The Bertz CT molecular complexity index is 302. The van der Waals surface area contributed by atoms with Crippen LogP contribution in [0.4, 0.5) is 0 Å². The van der Waals surface area contributed by atoms with E-state index in [1.54, 1.807) is 6.20 Å². The fraction of sp³-hybridized carbons (Fsp3) is 0.615. The van der Waals surface area contributed by atoms with Crippen molar-refractivity contribution in [3.05, 3.63) is 30.1 Å². The van der Waals surface area contributed by atoms with E-state index in [2.05, 4.69) is 16.4 Å². The summed E-state index contributed by atoms with van der Waals surface area (Å²) in [6.45, 7) is 1.30. The van der Waals surface area contributed by atoms with E-state index in [1.165, 1.54) is 24.8 Å². The van der Waals surface area contributed by atoms with E-state index in [1.807, 2.05) is 12.3 Å². The number of nitrogens with one attached hydrogen (secondary N) is 1. The first-order valence-corrected chi connectivity index (χ1v) is 6.13. The molecule has 1 aliphatic carbocycles. The summed E-state index contributed by atoms with van der Waals surface area (Å²) < 4.78 is 0. The summed E-state index contributed by atoms with van der Waals surface area (Å²) in [7, 11) is 0. The summed E-state index contributed by atoms with van der Waals surface area (Å²) >= 11 is 0. The van der Waals surface area contributed by atoms with E-state index in [4.69, 9.17) is 0 Å². The third-order valence-electron chi connectivity index (χ3n) is 3.44. The normalized spacial score (nSPS) is 24.8. The number of hydrogen-bond donors (Lipinski definition) is 2. The maximum Gasteiger partial charge on any atom is 0.0474 e. The van der Waals surface area contributed by atoms with Crippen LogP contribution in [0.25, 0.3) is 0 Å². The molecule has 2 unspecified atom stereocenters. The molecule has 1 fully saturated rings. The Labute approximate surface area is 96.9 Å². The second-order valence-electron chi connectivity index (χ2n) is 4.55. The molecule has 1 heterocycles. The number of aliphatic hydroxyl groups is 1. The van der Waals surface area contributed by atoms with E-state index >= 15 is 0 Å². The highest BCUT2D eigenvalue weighted by Gasteiger charge is 2.25. The number of nitrogens with zero attached hydrogens (tertiary/aromatic N) is 1. The van der Waals surface area contributed by atoms with E-state index in [0.717, 1.165) is 13.0 Å². The molecule has 2 rings (SSSR count). The van der Waals surface area contributed by atoms with Crippen molar-refractivity contribution >= 4 is 0 Å². The summed E-state index contributed by atoms with van der Waals surface area (Å²) in [6, 6.07) is 4.59. The lowest BCUT2D eigenvalue weighted by atomic mass is 10.0. The summed E-state index contributed by atoms with van der Waals surface area (Å²) in [6.07, 6.45) is 8.35. The van der Waals surface area contributed by atoms with Gasteiger partial charge < -0.3 is 10.4 Å². The highest BCUT2D eigenvalue weighted by molar-refractivity contribution is 5.08. The van der Waals surface area contributed by atoms with Gasteiger partial charge in [-0.25, -0.2) is 0 Å². The van der Waals surface area contributed by atoms with Crippen LogP contribution in [0.5, 0.6) is 0 Å². The number of hydrogen-bond acceptors (Lipinski definition) is 3. The van der Waals surface area contributed by atoms with Crippen LogP contribution in [0.15, 0.2) is 24.5 Å². The van der Waals surface area contributed by atoms with Crippen molar-refractivity contribution in [1.82, 2.24) is 10.3 Å². The summed E-state index contributed by atoms with van der Waals surface area (Å²) in [5.74, 6) is 0.467. The van der Waals surface area contributed by atoms with Gasteiger partial charge in [0, 0.05) is 25.0 Å². The second-order valence-corrected chi connectivity index (χ2v) is 4.55. The van der Waals surface area contributed by atoms with Gasteiger partial charge in [-0.3, -0.25) is 4.98 Å². The quantitative estimate of drug-likeness (QED) is 0.788. The Balaban J connectivity index is 1.72. The van der Waals surface area contributed by atoms with E-state index in [9.17, 15) is 5.11 Å². The molecule has 2 N–H and O–H groups in total. The third-order valence-corrected chi connectivity index (χ3v) is 3.44. The average Bonchev–Trinajstić information content (AvgIpc) is 2.78. The lowest BCUT2D eigenvalue weighted by molar-refractivity contribution is 0.206. The smallest absolute Gasteiger partial charge is 0.0474 e. The molecular weight excluding hydrogens is 200 g/mol. The predicted molar refractivity (Wildman–Crippen MR) is 64.2 cm³/mol. The molecule has 0 bridgehead atoms. The maximum absolute atomic E-state index is 9.20. The molecule has 3 heteroatoms. The first kappa shape index (κ1) is 11.6. The standard InChI is InChI=1S/C13H20N2O/c16-10-12-4-1-5-13(12)15-8-6-11-3-2-7-14-9-11/h2-3,7,9,12-13,15-16H,1,4-6,8,10H2. The Kier molecular flexibility index (Phi) is 4.31. The van der Waals surface area contributed by atoms with Gasteiger partial charge in [-0.05, 0) is 43.4 Å². The van der Waals surface area contributed by atoms with Gasteiger partial charge in [0.1, 0.15) is 0 Å². The van der Waals surface area contributed by atoms with Crippen molar-refractivity contribution in [2.24, 2.45) is 5.92 Å². The topological polar surface area (TPSA) is 45.1 Å². The molecular formula is C13H20N2O. The molecule has 2 atom stereocenters. The van der Waals surface area contributed by atoms with Crippen molar-refractivity contribution in [3.8, 4) is 0 Å². The zero-order valence-corrected chi connectivity index (χ0v) is 9.60. The maximum atomic E-state index is 9.20. The molecule has 0 saturated heterocycles. The first-order valence-electron chi connectivity index (χ1n) is 6.13. The average molecular weight is 220 g/mol. The molecule has 0 aliphatic heterocycles. The summed E-state index contributed by atoms with van der Waals surface area (Å²) in [5.41, 5.74) is 1.27. The number of aromatic nitrogens is 1. The fourth-order valence-electron chi connectivity index (χ4n) is 2.47. The Morgan fingerprint density at radius 2 is 2.38 bits per heavy atom. The molecule has 1 aromatic heterocycles. The zero-order valence-electron chi connectivity index (χ0n) is 9.60. The van der Waals surface area contributed by atoms with Crippen molar-refractivity contribution in [2.45, 2.75) is 31.7 Å². The molecule has 1 aliphatic rings. The summed E-state index contributed by atoms with van der Waals surface area (Å²) in [4.78, 5) is 4.10. The van der Waals surface area contributed by atoms with Crippen LogP contribution < -0.4 is 5.32 Å². The van der Waals surface area contributed by atoms with Crippen molar-refractivity contribution in [2.75, 3.05) is 13.2 Å². The lowest BCUT2D eigenvalue weighted by Gasteiger charge is -2.18. The number of rotatable bonds is 5. The third kappa shape index (κ3) is 3.03. The first-order chi connectivity index (χ1) is 7.90. The molecule has 0 amide bonds. The van der Waals surface area contributed by atoms with Gasteiger partial charge in [-0.2, -0.15) is 0 Å². The van der Waals surface area contributed by atoms with Crippen molar-refractivity contribution in [3.63, 3.8) is 0 Å². The van der Waals surface area contributed by atoms with Crippen LogP contribution in [-0.4, -0.2) is 29.3 Å². The van der Waals surface area contributed by atoms with Crippen molar-refractivity contribution in [1.29, 1.82) is 0 Å². The van der Waals surface area contributed by atoms with Gasteiger partial charge in [0.15, 0.2) is 0 Å². The highest BCUT2D eigenvalue weighted by Crippen LogP contribution is 2.24. The van der Waals surface area contributed by atoms with Gasteiger partial charge >= 0.3 is 0 Å². The summed E-state index contributed by atoms with van der Waals surface area (Å²) in [5, 5.41) is 12.7. The monoisotopic (exact) mass is 220 g/mol. The van der Waals surface area contributed by atoms with Gasteiger partial charge in [-0.15, -0.1) is 0 Å². The van der Waals surface area contributed by atoms with Crippen molar-refractivity contribution < 1.29 is 5.11 Å². The molecule has 1 aromatic rings. The molecule has 88 valence electrons. The Hall–Kier alpha value is -0.930. The van der Waals surface area contributed by atoms with Gasteiger partial charge in [0.05, 0.1) is 0 Å². The van der Waals surface area contributed by atoms with Crippen LogP contribution in [0, 0.1) is 5.92 Å². The highest BCUT2D eigenvalue weighted by atomic mass is 16.3. The number of pyridine rings is 1. The molecule has 3 nitrogen and oxygen atoms in total. The van der Waals surface area contributed by atoms with Crippen LogP contribution in [0.1, 0.15) is 24.8 Å². The van der Waals surface area contributed by atoms with Crippen LogP contribution in [-0.2, 0) is 6.42 Å². The Morgan fingerprint density at radius 1 is 1.44 bits per heavy atom. The zero-order chi connectivity index (χ0) is 11.2. The fourth-order valence-corrected chi connectivity index (χ4v) is 2.47. The van der Waals surface area contributed by atoms with Gasteiger partial charge in [-0.1, -0.05) is 12.5 Å². The van der Waals surface area contributed by atoms with E-state index in [0.29, 0.717) is 18.6 Å². The lowest BCUT2D eigenvalue weighted by Crippen LogP contribution is -2.35. The van der Waals surface area contributed by atoms with Crippen LogP contribution in [0.3, 0.4) is 0 Å². The minimum atomic E-state index is 0.324. The van der Waals surface area contributed by atoms with Crippen LogP contribution >= 0.6 is 0 Å². The van der Waals surface area contributed by atoms with E-state index in [-0.39, 0.29) is 0 Å². The predicted octanol–water partition coefficient (Wildman–Crippen LogP) is 1.37. The molecule has 0 radical (unpaired) electrons. The SMILES string of the molecule is OCC1CCCC1NCCc1cccnc1. The number of aliphatic hydroxyl groups excluding tert-OH is 1. The van der Waals surface area contributed by atoms with Gasteiger partial charge in [0.25, 0.3) is 0 Å². The van der Waals surface area contributed by atoms with Gasteiger partial charge in [0.2, 0.25) is 0 Å².